The minimum atomic E-state index is -0.481. The highest BCUT2D eigenvalue weighted by Crippen LogP contribution is 2.27. The number of likely N-dealkylation sites (tertiary alicyclic amines) is 2. The highest BCUT2D eigenvalue weighted by Gasteiger charge is 2.34. The van der Waals surface area contributed by atoms with Gasteiger partial charge in [-0.05, 0) is 38.3 Å². The van der Waals surface area contributed by atoms with Crippen molar-refractivity contribution < 1.29 is 14.7 Å². The minimum absolute atomic E-state index is 0.0204. The Bertz CT molecular complexity index is 899. The number of hydrogen-bond acceptors (Lipinski definition) is 6. The van der Waals surface area contributed by atoms with Crippen molar-refractivity contribution >= 4 is 23.3 Å². The monoisotopic (exact) mass is 381 g/mol. The van der Waals surface area contributed by atoms with Gasteiger partial charge < -0.3 is 15.7 Å². The lowest BCUT2D eigenvalue weighted by molar-refractivity contribution is -0.129. The maximum Gasteiger partial charge on any atom is 0.271 e. The van der Waals surface area contributed by atoms with Crippen LogP contribution in [0.2, 0.25) is 0 Å². The molecule has 2 aliphatic heterocycles. The van der Waals surface area contributed by atoms with Crippen LogP contribution in [0.3, 0.4) is 0 Å². The van der Waals surface area contributed by atoms with Crippen molar-refractivity contribution in [3.63, 3.8) is 0 Å². The summed E-state index contributed by atoms with van der Waals surface area (Å²) < 4.78 is 0. The summed E-state index contributed by atoms with van der Waals surface area (Å²) in [7, 11) is 0. The van der Waals surface area contributed by atoms with Crippen LogP contribution < -0.4 is 5.73 Å². The Hall–Kier alpha value is -3.34. The molecule has 2 saturated heterocycles. The van der Waals surface area contributed by atoms with Crippen LogP contribution in [0.4, 0.5) is 5.69 Å². The Morgan fingerprint density at radius 3 is 2.89 bits per heavy atom. The van der Waals surface area contributed by atoms with Gasteiger partial charge in [-0.15, -0.1) is 0 Å². The maximum atomic E-state index is 12.9. The van der Waals surface area contributed by atoms with Crippen molar-refractivity contribution in [3.8, 4) is 11.8 Å². The third-order valence-electron chi connectivity index (χ3n) is 5.01. The number of amidine groups is 1. The third kappa shape index (κ3) is 3.69. The number of carbonyl (C=O) groups excluding carboxylic acids is 2. The number of hydrogen-bond donors (Lipinski definition) is 2. The minimum Gasteiger partial charge on any atom is -0.508 e. The van der Waals surface area contributed by atoms with E-state index in [4.69, 9.17) is 5.73 Å². The molecule has 2 aliphatic rings. The van der Waals surface area contributed by atoms with E-state index in [1.807, 2.05) is 6.92 Å². The summed E-state index contributed by atoms with van der Waals surface area (Å²) in [4.78, 5) is 32.8. The molecule has 0 aliphatic carbocycles. The lowest BCUT2D eigenvalue weighted by Crippen LogP contribution is -2.44. The maximum absolute atomic E-state index is 12.9. The molecular weight excluding hydrogens is 358 g/mol. The molecule has 1 unspecified atom stereocenters. The van der Waals surface area contributed by atoms with Gasteiger partial charge in [-0.2, -0.15) is 5.26 Å². The number of nitrogens with zero attached hydrogens (tertiary/aromatic N) is 4. The third-order valence-corrected chi connectivity index (χ3v) is 5.01. The number of phenols is 1. The molecule has 3 N–H and O–H groups in total. The molecule has 0 spiro atoms. The fourth-order valence-electron chi connectivity index (χ4n) is 3.58. The van der Waals surface area contributed by atoms with Crippen molar-refractivity contribution in [3.05, 3.63) is 35.5 Å². The zero-order valence-electron chi connectivity index (χ0n) is 15.8. The second kappa shape index (κ2) is 8.13. The van der Waals surface area contributed by atoms with Crippen molar-refractivity contribution in [2.75, 3.05) is 13.1 Å². The van der Waals surface area contributed by atoms with Gasteiger partial charge in [-0.25, -0.2) is 4.99 Å². The Kier molecular flexibility index (Phi) is 5.64. The molecule has 8 nitrogen and oxygen atoms in total. The molecule has 1 atom stereocenters. The van der Waals surface area contributed by atoms with E-state index in [9.17, 15) is 20.0 Å². The van der Waals surface area contributed by atoms with Gasteiger partial charge in [0.15, 0.2) is 0 Å². The summed E-state index contributed by atoms with van der Waals surface area (Å²) in [6, 6.07) is 8.00. The number of benzene rings is 1. The lowest BCUT2D eigenvalue weighted by atomic mass is 9.99. The number of aromatic hydroxyl groups is 1. The van der Waals surface area contributed by atoms with Crippen LogP contribution >= 0.6 is 0 Å². The zero-order chi connectivity index (χ0) is 20.3. The molecule has 1 aromatic rings. The highest BCUT2D eigenvalue weighted by molar-refractivity contribution is 6.14. The number of aliphatic imine (C=N–C) groups is 1. The van der Waals surface area contributed by atoms with E-state index in [1.165, 1.54) is 21.9 Å². The van der Waals surface area contributed by atoms with E-state index in [1.54, 1.807) is 12.1 Å². The predicted molar refractivity (Wildman–Crippen MR) is 103 cm³/mol. The average Bonchev–Trinajstić information content (AvgIpc) is 3.16. The van der Waals surface area contributed by atoms with Crippen molar-refractivity contribution in [1.29, 1.82) is 5.26 Å². The van der Waals surface area contributed by atoms with E-state index in [0.717, 1.165) is 6.42 Å². The Morgan fingerprint density at radius 2 is 2.21 bits per heavy atom. The van der Waals surface area contributed by atoms with Crippen molar-refractivity contribution in [2.45, 2.75) is 38.6 Å². The standard InChI is InChI=1S/C20H23N5O3/c1-2-24-17(27)9-8-16(19(24)23-13-5-3-7-15(26)11-13)18(22)20(28)25-10-4-6-14(25)12-21/h3,5,7,11,14,26H,2,4,6,8-10,22H2,1H3/b18-16-,23-19?. The van der Waals surface area contributed by atoms with Crippen LogP contribution in [-0.4, -0.2) is 51.7 Å². The first-order valence-electron chi connectivity index (χ1n) is 9.34. The van der Waals surface area contributed by atoms with E-state index in [2.05, 4.69) is 11.1 Å². The molecule has 28 heavy (non-hydrogen) atoms. The Morgan fingerprint density at radius 1 is 1.43 bits per heavy atom. The van der Waals surface area contributed by atoms with Gasteiger partial charge in [0, 0.05) is 31.1 Å². The highest BCUT2D eigenvalue weighted by atomic mass is 16.3. The largest absolute Gasteiger partial charge is 0.508 e. The van der Waals surface area contributed by atoms with Crippen molar-refractivity contribution in [2.24, 2.45) is 10.7 Å². The molecule has 2 heterocycles. The van der Waals surface area contributed by atoms with Gasteiger partial charge in [0.2, 0.25) is 5.91 Å². The number of piperidine rings is 1. The fraction of sp³-hybridized carbons (Fsp3) is 0.400. The molecule has 2 fully saturated rings. The van der Waals surface area contributed by atoms with Gasteiger partial charge in [0.25, 0.3) is 5.91 Å². The van der Waals surface area contributed by atoms with Crippen LogP contribution in [0.1, 0.15) is 32.6 Å². The summed E-state index contributed by atoms with van der Waals surface area (Å²) in [5.74, 6) is -0.118. The second-order valence-electron chi connectivity index (χ2n) is 6.77. The fourth-order valence-corrected chi connectivity index (χ4v) is 3.58. The first kappa shape index (κ1) is 19.4. The van der Waals surface area contributed by atoms with E-state index < -0.39 is 11.9 Å². The number of nitrogens with two attached hydrogens (primary N) is 1. The number of rotatable bonds is 3. The first-order chi connectivity index (χ1) is 13.5. The van der Waals surface area contributed by atoms with Gasteiger partial charge in [0.1, 0.15) is 23.3 Å². The van der Waals surface area contributed by atoms with Crippen LogP contribution in [0.25, 0.3) is 0 Å². The van der Waals surface area contributed by atoms with Crippen LogP contribution in [0, 0.1) is 11.3 Å². The van der Waals surface area contributed by atoms with E-state index >= 15 is 0 Å². The SMILES string of the molecule is CCN1C(=O)CC/C(=C(/N)C(=O)N2CCCC2C#N)C1=Nc1cccc(O)c1. The van der Waals surface area contributed by atoms with Gasteiger partial charge in [-0.3, -0.25) is 14.5 Å². The van der Waals surface area contributed by atoms with Crippen molar-refractivity contribution in [1.82, 2.24) is 9.80 Å². The molecule has 8 heteroatoms. The summed E-state index contributed by atoms with van der Waals surface area (Å²) in [5, 5.41) is 19.0. The second-order valence-corrected chi connectivity index (χ2v) is 6.77. The molecule has 3 rings (SSSR count). The molecule has 0 radical (unpaired) electrons. The summed E-state index contributed by atoms with van der Waals surface area (Å²) in [5.41, 5.74) is 7.21. The van der Waals surface area contributed by atoms with E-state index in [-0.39, 0.29) is 23.8 Å². The van der Waals surface area contributed by atoms with Crippen LogP contribution in [0.5, 0.6) is 5.75 Å². The molecule has 2 amide bonds. The zero-order valence-corrected chi connectivity index (χ0v) is 15.8. The Balaban J connectivity index is 2.05. The molecule has 0 saturated carbocycles. The first-order valence-corrected chi connectivity index (χ1v) is 9.34. The predicted octanol–water partition coefficient (Wildman–Crippen LogP) is 1.79. The quantitative estimate of drug-likeness (QED) is 0.773. The summed E-state index contributed by atoms with van der Waals surface area (Å²) in [6.45, 7) is 2.69. The molecule has 0 aromatic heterocycles. The summed E-state index contributed by atoms with van der Waals surface area (Å²) in [6.07, 6.45) is 1.93. The average molecular weight is 381 g/mol. The lowest BCUT2D eigenvalue weighted by Gasteiger charge is -2.31. The normalized spacial score (nSPS) is 23.1. The number of amides is 2. The number of carbonyl (C=O) groups is 2. The molecular formula is C20H23N5O3. The van der Waals surface area contributed by atoms with Gasteiger partial charge in [-0.1, -0.05) is 6.07 Å². The molecule has 1 aromatic carbocycles. The number of nitriles is 1. The molecule has 0 bridgehead atoms. The number of phenolic OH excluding ortho intramolecular Hbond substituents is 1. The summed E-state index contributed by atoms with van der Waals surface area (Å²) >= 11 is 0. The van der Waals surface area contributed by atoms with Gasteiger partial charge in [0.05, 0.1) is 11.8 Å². The molecule has 146 valence electrons. The smallest absolute Gasteiger partial charge is 0.271 e. The van der Waals surface area contributed by atoms with E-state index in [0.29, 0.717) is 43.0 Å². The van der Waals surface area contributed by atoms with Crippen LogP contribution in [0.15, 0.2) is 40.5 Å². The topological polar surface area (TPSA) is 123 Å². The van der Waals surface area contributed by atoms with Gasteiger partial charge >= 0.3 is 0 Å². The Labute approximate surface area is 163 Å². The number of likely N-dealkylation sites (N-methyl/N-ethyl adjacent to an activating group) is 1. The van der Waals surface area contributed by atoms with Crippen LogP contribution in [-0.2, 0) is 9.59 Å².